The molecule has 2 aromatic carbocycles. The molecule has 1 aliphatic rings. The maximum absolute atomic E-state index is 12.5. The summed E-state index contributed by atoms with van der Waals surface area (Å²) in [6, 6.07) is 18.5. The second-order valence-corrected chi connectivity index (χ2v) is 7.57. The molecule has 0 unspecified atom stereocenters. The van der Waals surface area contributed by atoms with Crippen LogP contribution in [-0.4, -0.2) is 33.8 Å². The van der Waals surface area contributed by atoms with Gasteiger partial charge in [-0.05, 0) is 38.8 Å². The first kappa shape index (κ1) is 17.5. The van der Waals surface area contributed by atoms with Crippen molar-refractivity contribution < 1.29 is 14.6 Å². The molecule has 1 heterocycles. The average Bonchev–Trinajstić information content (AvgIpc) is 3.26. The highest BCUT2D eigenvalue weighted by molar-refractivity contribution is 5.73. The molecule has 0 bridgehead atoms. The summed E-state index contributed by atoms with van der Waals surface area (Å²) >= 11 is 0. The van der Waals surface area contributed by atoms with Gasteiger partial charge in [0.05, 0.1) is 12.1 Å². The Kier molecular flexibility index (Phi) is 4.33. The monoisotopic (exact) mass is 339 g/mol. The molecule has 0 saturated carbocycles. The first-order chi connectivity index (χ1) is 11.7. The van der Waals surface area contributed by atoms with Crippen molar-refractivity contribution in [2.45, 2.75) is 51.0 Å². The number of ether oxygens (including phenoxy) is 1. The fraction of sp³-hybridized carbons (Fsp3) is 0.381. The molecule has 1 fully saturated rings. The van der Waals surface area contributed by atoms with Gasteiger partial charge in [0.25, 0.3) is 0 Å². The zero-order chi connectivity index (χ0) is 18.2. The number of rotatable bonds is 3. The lowest BCUT2D eigenvalue weighted by Gasteiger charge is -2.30. The fourth-order valence-electron chi connectivity index (χ4n) is 3.39. The second kappa shape index (κ2) is 6.19. The van der Waals surface area contributed by atoms with Crippen LogP contribution in [-0.2, 0) is 10.3 Å². The van der Waals surface area contributed by atoms with Crippen LogP contribution in [0.2, 0.25) is 0 Å². The summed E-state index contributed by atoms with van der Waals surface area (Å²) < 4.78 is 5.51. The highest BCUT2D eigenvalue weighted by Crippen LogP contribution is 2.47. The highest BCUT2D eigenvalue weighted by Gasteiger charge is 2.61. The van der Waals surface area contributed by atoms with Gasteiger partial charge in [0, 0.05) is 0 Å². The van der Waals surface area contributed by atoms with Crippen molar-refractivity contribution in [1.82, 2.24) is 4.90 Å². The van der Waals surface area contributed by atoms with Gasteiger partial charge in [-0.3, -0.25) is 4.90 Å². The van der Waals surface area contributed by atoms with E-state index in [9.17, 15) is 9.90 Å². The Labute approximate surface area is 149 Å². The highest BCUT2D eigenvalue weighted by atomic mass is 16.6. The van der Waals surface area contributed by atoms with Crippen molar-refractivity contribution in [3.05, 3.63) is 71.8 Å². The number of aliphatic hydroxyl groups is 1. The zero-order valence-corrected chi connectivity index (χ0v) is 15.1. The zero-order valence-electron chi connectivity index (χ0n) is 15.1. The van der Waals surface area contributed by atoms with E-state index in [1.54, 1.807) is 4.90 Å². The van der Waals surface area contributed by atoms with Crippen molar-refractivity contribution in [3.63, 3.8) is 0 Å². The first-order valence-electron chi connectivity index (χ1n) is 8.60. The average molecular weight is 339 g/mol. The molecule has 1 amide bonds. The van der Waals surface area contributed by atoms with Gasteiger partial charge < -0.3 is 9.84 Å². The van der Waals surface area contributed by atoms with Gasteiger partial charge in [0.1, 0.15) is 11.2 Å². The fourth-order valence-corrected chi connectivity index (χ4v) is 3.39. The minimum Gasteiger partial charge on any atom is -0.444 e. The molecule has 1 aliphatic heterocycles. The molecule has 3 rings (SSSR count). The Balaban J connectivity index is 1.99. The number of benzene rings is 2. The van der Waals surface area contributed by atoms with E-state index >= 15 is 0 Å². The smallest absolute Gasteiger partial charge is 0.411 e. The topological polar surface area (TPSA) is 49.5 Å². The summed E-state index contributed by atoms with van der Waals surface area (Å²) in [5.41, 5.74) is -0.311. The van der Waals surface area contributed by atoms with Gasteiger partial charge in [-0.2, -0.15) is 0 Å². The van der Waals surface area contributed by atoms with Crippen LogP contribution in [0, 0.1) is 0 Å². The summed E-state index contributed by atoms with van der Waals surface area (Å²) in [4.78, 5) is 14.2. The maximum atomic E-state index is 12.5. The summed E-state index contributed by atoms with van der Waals surface area (Å²) in [5, 5.41) is 11.7. The van der Waals surface area contributed by atoms with E-state index in [0.29, 0.717) is 0 Å². The molecule has 1 saturated heterocycles. The summed E-state index contributed by atoms with van der Waals surface area (Å²) in [6.07, 6.45) is -0.393. The van der Waals surface area contributed by atoms with Gasteiger partial charge in [0.2, 0.25) is 0 Å². The predicted octanol–water partition coefficient (Wildman–Crippen LogP) is 3.93. The Morgan fingerprint density at radius 1 is 0.960 bits per heavy atom. The Morgan fingerprint density at radius 3 is 1.80 bits per heavy atom. The summed E-state index contributed by atoms with van der Waals surface area (Å²) in [7, 11) is 0. The summed E-state index contributed by atoms with van der Waals surface area (Å²) in [5.74, 6) is 0. The summed E-state index contributed by atoms with van der Waals surface area (Å²) in [6.45, 7) is 7.46. The third-order valence-corrected chi connectivity index (χ3v) is 4.57. The van der Waals surface area contributed by atoms with Crippen molar-refractivity contribution >= 4 is 6.09 Å². The normalized spacial score (nSPS) is 20.3. The molecule has 0 aliphatic carbocycles. The van der Waals surface area contributed by atoms with Crippen LogP contribution in [0.25, 0.3) is 0 Å². The molecule has 132 valence electrons. The van der Waals surface area contributed by atoms with Gasteiger partial charge in [-0.1, -0.05) is 60.7 Å². The van der Waals surface area contributed by atoms with Gasteiger partial charge in [-0.25, -0.2) is 4.79 Å². The van der Waals surface area contributed by atoms with Crippen molar-refractivity contribution in [2.24, 2.45) is 0 Å². The predicted molar refractivity (Wildman–Crippen MR) is 97.2 cm³/mol. The van der Waals surface area contributed by atoms with E-state index < -0.39 is 17.3 Å². The van der Waals surface area contributed by atoms with Crippen LogP contribution in [0.5, 0.6) is 0 Å². The molecular formula is C21H25NO3. The third-order valence-electron chi connectivity index (χ3n) is 4.57. The Morgan fingerprint density at radius 2 is 1.40 bits per heavy atom. The number of hydrogen-bond acceptors (Lipinski definition) is 3. The SMILES string of the molecule is C[C@H]1[C@@H](C(O)(c2ccccc2)c2ccccc2)N1C(=O)OC(C)(C)C. The quantitative estimate of drug-likeness (QED) is 0.862. The molecule has 1 N–H and O–H groups in total. The first-order valence-corrected chi connectivity index (χ1v) is 8.60. The van der Waals surface area contributed by atoms with Crippen LogP contribution < -0.4 is 0 Å². The number of carbonyl (C=O) groups is 1. The van der Waals surface area contributed by atoms with E-state index in [0.717, 1.165) is 11.1 Å². The molecule has 2 aromatic rings. The van der Waals surface area contributed by atoms with Gasteiger partial charge in [0.15, 0.2) is 0 Å². The van der Waals surface area contributed by atoms with Crippen molar-refractivity contribution in [1.29, 1.82) is 0 Å². The molecule has 0 radical (unpaired) electrons. The van der Waals surface area contributed by atoms with E-state index in [-0.39, 0.29) is 12.1 Å². The van der Waals surface area contributed by atoms with Crippen LogP contribution in [0.3, 0.4) is 0 Å². The third kappa shape index (κ3) is 3.27. The largest absolute Gasteiger partial charge is 0.444 e. The van der Waals surface area contributed by atoms with Crippen LogP contribution >= 0.6 is 0 Å². The lowest BCUT2D eigenvalue weighted by atomic mass is 9.82. The molecule has 4 nitrogen and oxygen atoms in total. The standard InChI is InChI=1S/C21H25NO3/c1-15-18(22(15)19(23)25-20(2,3)4)21(24,16-11-7-5-8-12-16)17-13-9-6-10-14-17/h5-15,18,24H,1-4H3/t15-,18-,22?/m0/s1. The molecule has 0 spiro atoms. The van der Waals surface area contributed by atoms with Crippen LogP contribution in [0.15, 0.2) is 60.7 Å². The molecule has 4 heteroatoms. The Bertz CT molecular complexity index is 697. The number of nitrogens with zero attached hydrogens (tertiary/aromatic N) is 1. The van der Waals surface area contributed by atoms with E-state index in [1.165, 1.54) is 0 Å². The molecule has 25 heavy (non-hydrogen) atoms. The number of carbonyl (C=O) groups excluding carboxylic acids is 1. The van der Waals surface area contributed by atoms with Crippen LogP contribution in [0.1, 0.15) is 38.8 Å². The van der Waals surface area contributed by atoms with E-state index in [1.807, 2.05) is 88.4 Å². The van der Waals surface area contributed by atoms with Crippen molar-refractivity contribution in [3.8, 4) is 0 Å². The molecule has 0 aromatic heterocycles. The van der Waals surface area contributed by atoms with Gasteiger partial charge in [-0.15, -0.1) is 0 Å². The minimum atomic E-state index is -1.28. The maximum Gasteiger partial charge on any atom is 0.411 e. The van der Waals surface area contributed by atoms with E-state index in [2.05, 4.69) is 0 Å². The van der Waals surface area contributed by atoms with Crippen LogP contribution in [0.4, 0.5) is 4.79 Å². The lowest BCUT2D eigenvalue weighted by molar-refractivity contribution is 0.0254. The van der Waals surface area contributed by atoms with Crippen molar-refractivity contribution in [2.75, 3.05) is 0 Å². The number of amides is 1. The second-order valence-electron chi connectivity index (χ2n) is 7.57. The molecular weight excluding hydrogens is 314 g/mol. The molecule has 2 atom stereocenters. The number of hydrogen-bond donors (Lipinski definition) is 1. The Hall–Kier alpha value is -2.33. The van der Waals surface area contributed by atoms with Gasteiger partial charge >= 0.3 is 6.09 Å². The minimum absolute atomic E-state index is 0.111. The van der Waals surface area contributed by atoms with E-state index in [4.69, 9.17) is 4.74 Å². The lowest BCUT2D eigenvalue weighted by Crippen LogP contribution is -2.38.